The highest BCUT2D eigenvalue weighted by atomic mass is 16.4. The molecule has 0 aromatic heterocycles. The summed E-state index contributed by atoms with van der Waals surface area (Å²) in [7, 11) is 0. The van der Waals surface area contributed by atoms with Crippen molar-refractivity contribution in [3.8, 4) is 0 Å². The molecule has 0 amide bonds. The number of carboxylic acid groups (broad SMARTS) is 1. The normalized spacial score (nSPS) is 22.0. The van der Waals surface area contributed by atoms with Crippen LogP contribution >= 0.6 is 0 Å². The summed E-state index contributed by atoms with van der Waals surface area (Å²) in [6.07, 6.45) is 0.158. The molecule has 132 valence electrons. The van der Waals surface area contributed by atoms with Crippen LogP contribution in [-0.2, 0) is 17.9 Å². The molecule has 1 heterocycles. The van der Waals surface area contributed by atoms with Crippen LogP contribution in [0.2, 0.25) is 0 Å². The second-order valence-electron chi connectivity index (χ2n) is 7.17. The van der Waals surface area contributed by atoms with Crippen LogP contribution in [-0.4, -0.2) is 46.0 Å². The molecular formula is C21H26N2O2. The molecule has 1 atom stereocenters. The van der Waals surface area contributed by atoms with E-state index in [-0.39, 0.29) is 12.0 Å². The van der Waals surface area contributed by atoms with Crippen LogP contribution in [0.1, 0.15) is 24.5 Å². The van der Waals surface area contributed by atoms with Gasteiger partial charge in [-0.25, -0.2) is 0 Å². The van der Waals surface area contributed by atoms with E-state index in [0.717, 1.165) is 32.7 Å². The lowest BCUT2D eigenvalue weighted by Gasteiger charge is -2.48. The summed E-state index contributed by atoms with van der Waals surface area (Å²) in [5.41, 5.74) is 2.14. The SMILES string of the molecule is CC1(CC(=O)O)CN(Cc2ccccc2)CCN1Cc1ccccc1. The molecule has 1 fully saturated rings. The highest BCUT2D eigenvalue weighted by Gasteiger charge is 2.39. The Labute approximate surface area is 149 Å². The third-order valence-corrected chi connectivity index (χ3v) is 5.01. The van der Waals surface area contributed by atoms with E-state index in [0.29, 0.717) is 0 Å². The third kappa shape index (κ3) is 4.68. The zero-order chi connectivity index (χ0) is 17.7. The summed E-state index contributed by atoms with van der Waals surface area (Å²) in [5.74, 6) is -0.734. The van der Waals surface area contributed by atoms with Crippen molar-refractivity contribution in [2.45, 2.75) is 32.0 Å². The Bertz CT molecular complexity index is 690. The van der Waals surface area contributed by atoms with Crippen molar-refractivity contribution in [2.75, 3.05) is 19.6 Å². The fourth-order valence-electron chi connectivity index (χ4n) is 3.74. The number of nitrogens with zero attached hydrogens (tertiary/aromatic N) is 2. The van der Waals surface area contributed by atoms with Crippen LogP contribution in [0.25, 0.3) is 0 Å². The zero-order valence-electron chi connectivity index (χ0n) is 14.8. The van der Waals surface area contributed by atoms with Crippen molar-refractivity contribution in [1.29, 1.82) is 0 Å². The number of carbonyl (C=O) groups is 1. The first-order valence-corrected chi connectivity index (χ1v) is 8.82. The molecule has 1 saturated heterocycles. The van der Waals surface area contributed by atoms with Gasteiger partial charge in [-0.3, -0.25) is 14.6 Å². The summed E-state index contributed by atoms with van der Waals surface area (Å²) in [4.78, 5) is 16.2. The topological polar surface area (TPSA) is 43.8 Å². The average Bonchev–Trinajstić information content (AvgIpc) is 2.58. The molecule has 0 bridgehead atoms. The Morgan fingerprint density at radius 3 is 2.08 bits per heavy atom. The van der Waals surface area contributed by atoms with Gasteiger partial charge in [-0.1, -0.05) is 60.7 Å². The van der Waals surface area contributed by atoms with Crippen LogP contribution in [0.15, 0.2) is 60.7 Å². The smallest absolute Gasteiger partial charge is 0.305 e. The maximum Gasteiger partial charge on any atom is 0.305 e. The Hall–Kier alpha value is -2.17. The van der Waals surface area contributed by atoms with E-state index in [9.17, 15) is 9.90 Å². The quantitative estimate of drug-likeness (QED) is 0.878. The van der Waals surface area contributed by atoms with Gasteiger partial charge in [0.15, 0.2) is 0 Å². The van der Waals surface area contributed by atoms with Gasteiger partial charge in [-0.2, -0.15) is 0 Å². The van der Waals surface area contributed by atoms with Gasteiger partial charge in [0.2, 0.25) is 0 Å². The third-order valence-electron chi connectivity index (χ3n) is 5.01. The lowest BCUT2D eigenvalue weighted by atomic mass is 9.91. The summed E-state index contributed by atoms with van der Waals surface area (Å²) < 4.78 is 0. The molecule has 1 unspecified atom stereocenters. The zero-order valence-corrected chi connectivity index (χ0v) is 14.8. The van der Waals surface area contributed by atoms with Crippen LogP contribution in [0.3, 0.4) is 0 Å². The van der Waals surface area contributed by atoms with Crippen LogP contribution in [0.5, 0.6) is 0 Å². The standard InChI is InChI=1S/C21H26N2O2/c1-21(14-20(24)25)17-22(15-18-8-4-2-5-9-18)12-13-23(21)16-19-10-6-3-7-11-19/h2-11H,12-17H2,1H3,(H,24,25). The lowest BCUT2D eigenvalue weighted by molar-refractivity contribution is -0.142. The van der Waals surface area contributed by atoms with Crippen molar-refractivity contribution in [1.82, 2.24) is 9.80 Å². The number of carboxylic acids is 1. The molecule has 1 aliphatic rings. The maximum absolute atomic E-state index is 11.5. The fourth-order valence-corrected chi connectivity index (χ4v) is 3.74. The molecule has 4 heteroatoms. The molecule has 3 rings (SSSR count). The van der Waals surface area contributed by atoms with Gasteiger partial charge in [0.25, 0.3) is 0 Å². The molecule has 1 aliphatic heterocycles. The van der Waals surface area contributed by atoms with Crippen LogP contribution in [0.4, 0.5) is 0 Å². The fraction of sp³-hybridized carbons (Fsp3) is 0.381. The molecule has 0 radical (unpaired) electrons. The number of hydrogen-bond acceptors (Lipinski definition) is 3. The maximum atomic E-state index is 11.5. The summed E-state index contributed by atoms with van der Waals surface area (Å²) in [6.45, 7) is 6.35. The highest BCUT2D eigenvalue weighted by Crippen LogP contribution is 2.28. The van der Waals surface area contributed by atoms with E-state index >= 15 is 0 Å². The molecule has 0 spiro atoms. The Morgan fingerprint density at radius 1 is 0.960 bits per heavy atom. The van der Waals surface area contributed by atoms with Crippen molar-refractivity contribution in [3.05, 3.63) is 71.8 Å². The van der Waals surface area contributed by atoms with Gasteiger partial charge < -0.3 is 5.11 Å². The van der Waals surface area contributed by atoms with E-state index < -0.39 is 5.97 Å². The van der Waals surface area contributed by atoms with Crippen molar-refractivity contribution >= 4 is 5.97 Å². The number of aliphatic carboxylic acids is 1. The van der Waals surface area contributed by atoms with Crippen molar-refractivity contribution in [3.63, 3.8) is 0 Å². The van der Waals surface area contributed by atoms with E-state index in [1.807, 2.05) is 24.3 Å². The van der Waals surface area contributed by atoms with E-state index in [1.54, 1.807) is 0 Å². The predicted molar refractivity (Wildman–Crippen MR) is 99.2 cm³/mol. The highest BCUT2D eigenvalue weighted by molar-refractivity contribution is 5.68. The van der Waals surface area contributed by atoms with Gasteiger partial charge in [0.05, 0.1) is 6.42 Å². The number of benzene rings is 2. The van der Waals surface area contributed by atoms with E-state index in [2.05, 4.69) is 53.1 Å². The molecule has 4 nitrogen and oxygen atoms in total. The molecule has 0 aliphatic carbocycles. The van der Waals surface area contributed by atoms with E-state index in [4.69, 9.17) is 0 Å². The predicted octanol–water partition coefficient (Wildman–Crippen LogP) is 3.24. The van der Waals surface area contributed by atoms with Crippen molar-refractivity contribution in [2.24, 2.45) is 0 Å². The van der Waals surface area contributed by atoms with Crippen molar-refractivity contribution < 1.29 is 9.90 Å². The minimum Gasteiger partial charge on any atom is -0.481 e. The summed E-state index contributed by atoms with van der Waals surface area (Å²) in [5, 5.41) is 9.45. The van der Waals surface area contributed by atoms with Gasteiger partial charge in [0, 0.05) is 38.3 Å². The Balaban J connectivity index is 1.73. The minimum atomic E-state index is -0.734. The van der Waals surface area contributed by atoms with E-state index in [1.165, 1.54) is 11.1 Å². The van der Waals surface area contributed by atoms with Gasteiger partial charge in [-0.05, 0) is 18.1 Å². The second-order valence-corrected chi connectivity index (χ2v) is 7.17. The molecular weight excluding hydrogens is 312 g/mol. The van der Waals surface area contributed by atoms with Gasteiger partial charge in [0.1, 0.15) is 0 Å². The number of piperazine rings is 1. The molecule has 0 saturated carbocycles. The monoisotopic (exact) mass is 338 g/mol. The first-order valence-electron chi connectivity index (χ1n) is 8.82. The van der Waals surface area contributed by atoms with Gasteiger partial charge >= 0.3 is 5.97 Å². The number of rotatable bonds is 6. The molecule has 2 aromatic rings. The van der Waals surface area contributed by atoms with Crippen LogP contribution < -0.4 is 0 Å². The van der Waals surface area contributed by atoms with Gasteiger partial charge in [-0.15, -0.1) is 0 Å². The average molecular weight is 338 g/mol. The first kappa shape index (κ1) is 17.6. The second kappa shape index (κ2) is 7.81. The molecule has 2 aromatic carbocycles. The first-order chi connectivity index (χ1) is 12.0. The minimum absolute atomic E-state index is 0.158. The molecule has 25 heavy (non-hydrogen) atoms. The van der Waals surface area contributed by atoms with Crippen LogP contribution in [0, 0.1) is 0 Å². The largest absolute Gasteiger partial charge is 0.481 e. The summed E-state index contributed by atoms with van der Waals surface area (Å²) in [6, 6.07) is 20.7. The number of hydrogen-bond donors (Lipinski definition) is 1. The Kier molecular flexibility index (Phi) is 5.51. The molecule has 1 N–H and O–H groups in total. The lowest BCUT2D eigenvalue weighted by Crippen LogP contribution is -2.60. The summed E-state index contributed by atoms with van der Waals surface area (Å²) >= 11 is 0. The Morgan fingerprint density at radius 2 is 1.52 bits per heavy atom.